The topological polar surface area (TPSA) is 219 Å². The third-order valence-electron chi connectivity index (χ3n) is 15.7. The van der Waals surface area contributed by atoms with E-state index in [2.05, 4.69) is 24.5 Å². The Bertz CT molecular complexity index is 1380. The minimum Gasteiger partial charge on any atom is -0.456 e. The van der Waals surface area contributed by atoms with Crippen LogP contribution in [0.15, 0.2) is 11.6 Å². The van der Waals surface area contributed by atoms with Gasteiger partial charge in [-0.25, -0.2) is 4.79 Å². The number of hydrogen-bond donors (Lipinski definition) is 8. The molecule has 6 rings (SSSR count). The summed E-state index contributed by atoms with van der Waals surface area (Å²) in [7, 11) is 0. The van der Waals surface area contributed by atoms with Crippen LogP contribution in [0.5, 0.6) is 0 Å². The van der Waals surface area contributed by atoms with Crippen LogP contribution in [0.3, 0.4) is 0 Å². The Labute approximate surface area is 347 Å². The maximum atomic E-state index is 14.2. The molecule has 58 heavy (non-hydrogen) atoms. The Hall–Kier alpha value is -1.52. The van der Waals surface area contributed by atoms with Gasteiger partial charge in [0.1, 0.15) is 17.5 Å². The van der Waals surface area contributed by atoms with E-state index in [0.29, 0.717) is 43.7 Å². The summed E-state index contributed by atoms with van der Waals surface area (Å²) in [6.07, 6.45) is 8.63. The fraction of sp³-hybridized carbons (Fsp3) is 0.911. The van der Waals surface area contributed by atoms with Gasteiger partial charge in [-0.3, -0.25) is 4.79 Å². The molecule has 13 nitrogen and oxygen atoms in total. The maximum absolute atomic E-state index is 14.2. The average molecular weight is 819 g/mol. The monoisotopic (exact) mass is 819 g/mol. The number of nitrogens with two attached hydrogens (primary N) is 2. The average Bonchev–Trinajstić information content (AvgIpc) is 3.20. The fourth-order valence-corrected chi connectivity index (χ4v) is 12.5. The van der Waals surface area contributed by atoms with E-state index in [1.807, 2.05) is 6.92 Å². The zero-order valence-corrected chi connectivity index (χ0v) is 35.8. The number of fused-ring (bicyclic) bond motifs is 2. The lowest BCUT2D eigenvalue weighted by atomic mass is 9.53. The first kappa shape index (κ1) is 46.0. The zero-order chi connectivity index (χ0) is 41.7. The van der Waals surface area contributed by atoms with Gasteiger partial charge in [0, 0.05) is 30.4 Å². The molecule has 0 radical (unpaired) electrons. The Morgan fingerprint density at radius 3 is 2.45 bits per heavy atom. The standard InChI is InChI=1S/C45H78N4O9/c1-5-7-8-10-28(29-13-14-36(46)49-22-29)21-45(4)35(57-44(55)25(3)6-2)20-32-41(54)39-34(53)19-31(23-50)56-43(39)40(42(32)58-45)38(27-15-16-48-37(47)18-27)33(24-51)26-11-9-12-30(52)17-26/h6,26-33,35-43,48-52,54H,5,7-24,46-47H2,1-4H3. The molecule has 0 aromatic rings. The second-order valence-corrected chi connectivity index (χ2v) is 19.5. The van der Waals surface area contributed by atoms with E-state index >= 15 is 0 Å². The molecule has 18 atom stereocenters. The van der Waals surface area contributed by atoms with E-state index in [1.54, 1.807) is 13.0 Å². The van der Waals surface area contributed by atoms with Gasteiger partial charge in [-0.15, -0.1) is 0 Å². The summed E-state index contributed by atoms with van der Waals surface area (Å²) in [6, 6.07) is 0. The predicted octanol–water partition coefficient (Wildman–Crippen LogP) is 3.29. The Morgan fingerprint density at radius 2 is 1.79 bits per heavy atom. The van der Waals surface area contributed by atoms with E-state index in [4.69, 9.17) is 25.7 Å². The van der Waals surface area contributed by atoms with Crippen molar-refractivity contribution in [3.8, 4) is 0 Å². The van der Waals surface area contributed by atoms with E-state index in [9.17, 15) is 30.0 Å². The second kappa shape index (κ2) is 20.6. The molecule has 18 unspecified atom stereocenters. The number of hydrogen-bond acceptors (Lipinski definition) is 13. The van der Waals surface area contributed by atoms with Crippen LogP contribution in [0, 0.1) is 53.3 Å². The molecule has 0 bridgehead atoms. The number of piperidine rings is 2. The van der Waals surface area contributed by atoms with Crippen LogP contribution in [-0.4, -0.2) is 113 Å². The Kier molecular flexibility index (Phi) is 16.3. The number of allylic oxidation sites excluding steroid dienone is 1. The van der Waals surface area contributed by atoms with Crippen molar-refractivity contribution in [2.24, 2.45) is 64.7 Å². The van der Waals surface area contributed by atoms with Gasteiger partial charge in [0.05, 0.1) is 55.4 Å². The molecule has 6 aliphatic rings. The number of rotatable bonds is 15. The number of nitrogens with one attached hydrogen (secondary N) is 2. The summed E-state index contributed by atoms with van der Waals surface area (Å²) < 4.78 is 20.9. The molecule has 4 saturated heterocycles. The summed E-state index contributed by atoms with van der Waals surface area (Å²) >= 11 is 0. The molecule has 0 aromatic heterocycles. The van der Waals surface area contributed by atoms with Crippen LogP contribution in [-0.2, 0) is 23.8 Å². The van der Waals surface area contributed by atoms with Crippen LogP contribution < -0.4 is 22.1 Å². The number of unbranched alkanes of at least 4 members (excludes halogenated alkanes) is 2. The van der Waals surface area contributed by atoms with Gasteiger partial charge < -0.3 is 56.7 Å². The predicted molar refractivity (Wildman–Crippen MR) is 221 cm³/mol. The minimum absolute atomic E-state index is 0.00400. The van der Waals surface area contributed by atoms with Crippen molar-refractivity contribution < 1.29 is 44.2 Å². The zero-order valence-electron chi connectivity index (χ0n) is 35.8. The minimum atomic E-state index is -1.13. The summed E-state index contributed by atoms with van der Waals surface area (Å²) in [4.78, 5) is 27.9. The SMILES string of the molecule is CC=C(C)C(=O)OC1CC2C(O)C3C(=O)CC(CO)OC3C(C(C3CCNC(N)C3)C(CO)C3CCCC(O)C3)C2OC1(C)CC(CCCCC)C1CCC(N)NC1. The van der Waals surface area contributed by atoms with E-state index in [-0.39, 0.29) is 67.3 Å². The van der Waals surface area contributed by atoms with E-state index in [0.717, 1.165) is 70.8 Å². The van der Waals surface area contributed by atoms with Crippen LogP contribution in [0.25, 0.3) is 0 Å². The first-order valence-electron chi connectivity index (χ1n) is 23.1. The molecule has 0 aromatic carbocycles. The molecule has 332 valence electrons. The Balaban J connectivity index is 1.47. The third-order valence-corrected chi connectivity index (χ3v) is 15.7. The smallest absolute Gasteiger partial charge is 0.333 e. The molecule has 0 spiro atoms. The van der Waals surface area contributed by atoms with Crippen LogP contribution in [0.1, 0.15) is 124 Å². The van der Waals surface area contributed by atoms with Crippen LogP contribution >= 0.6 is 0 Å². The molecule has 10 N–H and O–H groups in total. The number of ketones is 1. The molecule has 2 aliphatic carbocycles. The van der Waals surface area contributed by atoms with Crippen molar-refractivity contribution in [1.29, 1.82) is 0 Å². The highest BCUT2D eigenvalue weighted by atomic mass is 16.6. The van der Waals surface area contributed by atoms with Crippen molar-refractivity contribution in [3.05, 3.63) is 11.6 Å². The quantitative estimate of drug-likeness (QED) is 0.0677. The number of aliphatic hydroxyl groups is 4. The molecule has 4 heterocycles. The lowest BCUT2D eigenvalue weighted by Crippen LogP contribution is -2.70. The van der Waals surface area contributed by atoms with Gasteiger partial charge in [-0.1, -0.05) is 45.1 Å². The molecule has 4 aliphatic heterocycles. The van der Waals surface area contributed by atoms with Crippen molar-refractivity contribution in [2.45, 2.75) is 179 Å². The van der Waals surface area contributed by atoms with Gasteiger partial charge in [-0.05, 0) is 127 Å². The summed E-state index contributed by atoms with van der Waals surface area (Å²) in [5.74, 6) is -2.28. The summed E-state index contributed by atoms with van der Waals surface area (Å²) in [6.45, 7) is 8.91. The van der Waals surface area contributed by atoms with Gasteiger partial charge in [0.15, 0.2) is 0 Å². The first-order chi connectivity index (χ1) is 27.8. The van der Waals surface area contributed by atoms with Crippen molar-refractivity contribution in [3.63, 3.8) is 0 Å². The normalized spacial score (nSPS) is 42.8. The second-order valence-electron chi connectivity index (χ2n) is 19.5. The fourth-order valence-electron chi connectivity index (χ4n) is 12.5. The van der Waals surface area contributed by atoms with Crippen molar-refractivity contribution in [2.75, 3.05) is 26.3 Å². The molecular weight excluding hydrogens is 741 g/mol. The molecular formula is C45H78N4O9. The van der Waals surface area contributed by atoms with Crippen molar-refractivity contribution >= 4 is 11.8 Å². The maximum Gasteiger partial charge on any atom is 0.333 e. The van der Waals surface area contributed by atoms with Crippen LogP contribution in [0.2, 0.25) is 0 Å². The van der Waals surface area contributed by atoms with Crippen LogP contribution in [0.4, 0.5) is 0 Å². The molecule has 6 fully saturated rings. The summed E-state index contributed by atoms with van der Waals surface area (Å²) in [5, 5.41) is 52.3. The van der Waals surface area contributed by atoms with Gasteiger partial charge in [0.25, 0.3) is 0 Å². The number of ether oxygens (including phenoxy) is 3. The van der Waals surface area contributed by atoms with Gasteiger partial charge >= 0.3 is 5.97 Å². The van der Waals surface area contributed by atoms with Crippen molar-refractivity contribution in [1.82, 2.24) is 10.6 Å². The number of carbonyl (C=O) groups excluding carboxylic acids is 2. The highest BCUT2D eigenvalue weighted by Crippen LogP contribution is 2.56. The number of Topliss-reactive ketones (excluding diaryl/α,β-unsaturated/α-hetero) is 1. The van der Waals surface area contributed by atoms with E-state index in [1.165, 1.54) is 0 Å². The molecule has 0 amide bonds. The lowest BCUT2D eigenvalue weighted by molar-refractivity contribution is -0.298. The third kappa shape index (κ3) is 10.2. The first-order valence-corrected chi connectivity index (χ1v) is 23.1. The lowest BCUT2D eigenvalue weighted by Gasteiger charge is -2.61. The molecule has 13 heteroatoms. The van der Waals surface area contributed by atoms with Gasteiger partial charge in [0.2, 0.25) is 0 Å². The number of aliphatic hydroxyl groups excluding tert-OH is 4. The number of carbonyl (C=O) groups is 2. The van der Waals surface area contributed by atoms with E-state index < -0.39 is 65.9 Å². The summed E-state index contributed by atoms with van der Waals surface area (Å²) in [5.41, 5.74) is 12.5. The number of esters is 1. The Morgan fingerprint density at radius 1 is 1.00 bits per heavy atom. The largest absolute Gasteiger partial charge is 0.456 e. The highest BCUT2D eigenvalue weighted by molar-refractivity contribution is 5.87. The highest BCUT2D eigenvalue weighted by Gasteiger charge is 2.64. The molecule has 2 saturated carbocycles. The van der Waals surface area contributed by atoms with Gasteiger partial charge in [-0.2, -0.15) is 0 Å².